The predicted octanol–water partition coefficient (Wildman–Crippen LogP) is -0.942. The minimum atomic E-state index is -0.292. The maximum atomic E-state index is 11.3. The molecule has 7 nitrogen and oxygen atoms in total. The highest BCUT2D eigenvalue weighted by Crippen LogP contribution is 2.03. The average molecular weight is 238 g/mol. The molecule has 1 aromatic rings. The molecule has 3 amide bonds. The van der Waals surface area contributed by atoms with Gasteiger partial charge in [-0.15, -0.1) is 0 Å². The van der Waals surface area contributed by atoms with Gasteiger partial charge in [0.25, 0.3) is 5.91 Å². The number of nitrogens with zero attached hydrogens (tertiary/aromatic N) is 2. The molecule has 1 heterocycles. The first-order valence-electron chi connectivity index (χ1n) is 5.00. The number of hydrogen-bond donors (Lipinski definition) is 3. The van der Waals surface area contributed by atoms with Crippen molar-refractivity contribution in [1.82, 2.24) is 10.3 Å². The first kappa shape index (κ1) is 12.9. The van der Waals surface area contributed by atoms with Gasteiger partial charge in [-0.2, -0.15) is 4.57 Å². The molecule has 0 bridgehead atoms. The summed E-state index contributed by atoms with van der Waals surface area (Å²) in [5, 5.41) is 2.68. The Hall–Kier alpha value is -2.15. The summed E-state index contributed by atoms with van der Waals surface area (Å²) in [5.74, 6) is 4.68. The Morgan fingerprint density at radius 3 is 2.41 bits per heavy atom. The van der Waals surface area contributed by atoms with Crippen molar-refractivity contribution < 1.29 is 14.2 Å². The first-order chi connectivity index (χ1) is 8.02. The lowest BCUT2D eigenvalue weighted by molar-refractivity contribution is -0.684. The molecule has 0 radical (unpaired) electrons. The van der Waals surface area contributed by atoms with Crippen LogP contribution < -0.4 is 21.2 Å². The van der Waals surface area contributed by atoms with Gasteiger partial charge in [-0.05, 0) is 0 Å². The monoisotopic (exact) mass is 238 g/mol. The third kappa shape index (κ3) is 4.07. The fourth-order valence-corrected chi connectivity index (χ4v) is 1.09. The van der Waals surface area contributed by atoms with Gasteiger partial charge in [-0.1, -0.05) is 0 Å². The number of hydrazine groups is 1. The standard InChI is InChI=1S/C10H15N5O2/c1-14(2)10(17)12-8-3-5-15(6-4-8)7-9(16)13-11/h3-6H,7,11H2,1-2H3,(H,13,16)/p+1. The quantitative estimate of drug-likeness (QED) is 0.274. The Bertz CT molecular complexity index is 402. The van der Waals surface area contributed by atoms with Crippen LogP contribution in [-0.2, 0) is 11.3 Å². The Morgan fingerprint density at radius 1 is 1.35 bits per heavy atom. The molecule has 1 aromatic heterocycles. The van der Waals surface area contributed by atoms with Gasteiger partial charge in [0.15, 0.2) is 12.4 Å². The van der Waals surface area contributed by atoms with Gasteiger partial charge < -0.3 is 10.2 Å². The van der Waals surface area contributed by atoms with Crippen LogP contribution in [-0.4, -0.2) is 30.9 Å². The Labute approximate surface area is 99.2 Å². The lowest BCUT2D eigenvalue weighted by Gasteiger charge is -2.11. The highest BCUT2D eigenvalue weighted by molar-refractivity contribution is 5.88. The fourth-order valence-electron chi connectivity index (χ4n) is 1.09. The van der Waals surface area contributed by atoms with Crippen molar-refractivity contribution in [2.24, 2.45) is 5.84 Å². The molecule has 0 atom stereocenters. The van der Waals surface area contributed by atoms with E-state index in [2.05, 4.69) is 5.32 Å². The van der Waals surface area contributed by atoms with E-state index in [-0.39, 0.29) is 18.5 Å². The van der Waals surface area contributed by atoms with Gasteiger partial charge in [0, 0.05) is 26.2 Å². The zero-order chi connectivity index (χ0) is 12.8. The number of nitrogens with two attached hydrogens (primary N) is 1. The smallest absolute Gasteiger partial charge is 0.321 e. The molecular formula is C10H16N5O2+. The van der Waals surface area contributed by atoms with Crippen LogP contribution >= 0.6 is 0 Å². The molecule has 0 unspecified atom stereocenters. The Balaban J connectivity index is 2.62. The largest absolute Gasteiger partial charge is 0.331 e. The molecule has 0 aromatic carbocycles. The third-order valence-corrected chi connectivity index (χ3v) is 2.04. The normalized spacial score (nSPS) is 9.59. The summed E-state index contributed by atoms with van der Waals surface area (Å²) in [5.41, 5.74) is 2.70. The van der Waals surface area contributed by atoms with E-state index in [9.17, 15) is 9.59 Å². The molecule has 0 aliphatic heterocycles. The van der Waals surface area contributed by atoms with E-state index in [0.29, 0.717) is 5.69 Å². The van der Waals surface area contributed by atoms with E-state index in [1.54, 1.807) is 43.2 Å². The number of amides is 3. The number of aromatic nitrogens is 1. The molecule has 0 saturated carbocycles. The van der Waals surface area contributed by atoms with Gasteiger partial charge in [0.05, 0.1) is 5.69 Å². The summed E-state index contributed by atoms with van der Waals surface area (Å²) in [6, 6.07) is 3.19. The number of urea groups is 1. The second-order valence-corrected chi connectivity index (χ2v) is 3.65. The second-order valence-electron chi connectivity index (χ2n) is 3.65. The topological polar surface area (TPSA) is 91.3 Å². The van der Waals surface area contributed by atoms with Gasteiger partial charge >= 0.3 is 6.03 Å². The number of hydrogen-bond acceptors (Lipinski definition) is 3. The van der Waals surface area contributed by atoms with Crippen LogP contribution in [0, 0.1) is 0 Å². The van der Waals surface area contributed by atoms with E-state index in [0.717, 1.165) is 0 Å². The number of carbonyl (C=O) groups is 2. The highest BCUT2D eigenvalue weighted by Gasteiger charge is 2.08. The van der Waals surface area contributed by atoms with Crippen molar-refractivity contribution >= 4 is 17.6 Å². The zero-order valence-electron chi connectivity index (χ0n) is 9.80. The number of pyridine rings is 1. The van der Waals surface area contributed by atoms with Crippen LogP contribution in [0.2, 0.25) is 0 Å². The Morgan fingerprint density at radius 2 is 1.94 bits per heavy atom. The van der Waals surface area contributed by atoms with Crippen LogP contribution in [0.3, 0.4) is 0 Å². The van der Waals surface area contributed by atoms with Crippen LogP contribution in [0.5, 0.6) is 0 Å². The van der Waals surface area contributed by atoms with Crippen molar-refractivity contribution in [3.8, 4) is 0 Å². The van der Waals surface area contributed by atoms with Crippen molar-refractivity contribution in [2.45, 2.75) is 6.54 Å². The minimum absolute atomic E-state index is 0.137. The number of nitrogens with one attached hydrogen (secondary N) is 2. The molecule has 0 saturated heterocycles. The summed E-state index contributed by atoms with van der Waals surface area (Å²) >= 11 is 0. The maximum Gasteiger partial charge on any atom is 0.321 e. The minimum Gasteiger partial charge on any atom is -0.331 e. The van der Waals surface area contributed by atoms with Crippen LogP contribution in [0.25, 0.3) is 0 Å². The second kappa shape index (κ2) is 5.80. The van der Waals surface area contributed by atoms with E-state index >= 15 is 0 Å². The summed E-state index contributed by atoms with van der Waals surface area (Å²) in [6.45, 7) is 0.137. The summed E-state index contributed by atoms with van der Waals surface area (Å²) in [6.07, 6.45) is 3.36. The first-order valence-corrected chi connectivity index (χ1v) is 5.00. The van der Waals surface area contributed by atoms with E-state index < -0.39 is 0 Å². The predicted molar refractivity (Wildman–Crippen MR) is 61.7 cm³/mol. The molecule has 0 aliphatic carbocycles. The molecular weight excluding hydrogens is 222 g/mol. The van der Waals surface area contributed by atoms with Crippen LogP contribution in [0.15, 0.2) is 24.5 Å². The lowest BCUT2D eigenvalue weighted by Crippen LogP contribution is -2.44. The molecule has 4 N–H and O–H groups in total. The SMILES string of the molecule is CN(C)C(=O)Nc1cc[n+](CC(=O)NN)cc1. The molecule has 17 heavy (non-hydrogen) atoms. The molecule has 1 rings (SSSR count). The van der Waals surface area contributed by atoms with Gasteiger partial charge in [0.1, 0.15) is 0 Å². The van der Waals surface area contributed by atoms with Gasteiger partial charge in [0.2, 0.25) is 6.54 Å². The van der Waals surface area contributed by atoms with Crippen molar-refractivity contribution in [2.75, 3.05) is 19.4 Å². The van der Waals surface area contributed by atoms with Gasteiger partial charge in [-0.25, -0.2) is 10.6 Å². The lowest BCUT2D eigenvalue weighted by atomic mass is 10.4. The zero-order valence-corrected chi connectivity index (χ0v) is 9.80. The van der Waals surface area contributed by atoms with Crippen molar-refractivity contribution in [3.63, 3.8) is 0 Å². The molecule has 0 aliphatic rings. The van der Waals surface area contributed by atoms with E-state index in [1.807, 2.05) is 5.43 Å². The summed E-state index contributed by atoms with van der Waals surface area (Å²) in [7, 11) is 3.31. The molecule has 7 heteroatoms. The maximum absolute atomic E-state index is 11.3. The highest BCUT2D eigenvalue weighted by atomic mass is 16.2. The third-order valence-electron chi connectivity index (χ3n) is 2.04. The average Bonchev–Trinajstić information content (AvgIpc) is 2.31. The number of anilines is 1. The summed E-state index contributed by atoms with van der Waals surface area (Å²) < 4.78 is 1.65. The van der Waals surface area contributed by atoms with Crippen molar-refractivity contribution in [3.05, 3.63) is 24.5 Å². The molecule has 0 spiro atoms. The van der Waals surface area contributed by atoms with Gasteiger partial charge in [-0.3, -0.25) is 10.2 Å². The molecule has 92 valence electrons. The van der Waals surface area contributed by atoms with Crippen molar-refractivity contribution in [1.29, 1.82) is 0 Å². The van der Waals surface area contributed by atoms with Crippen LogP contribution in [0.1, 0.15) is 0 Å². The summed E-state index contributed by atoms with van der Waals surface area (Å²) in [4.78, 5) is 23.8. The van der Waals surface area contributed by atoms with Crippen LogP contribution in [0.4, 0.5) is 10.5 Å². The number of carbonyl (C=O) groups excluding carboxylic acids is 2. The van der Waals surface area contributed by atoms with E-state index in [4.69, 9.17) is 5.84 Å². The van der Waals surface area contributed by atoms with E-state index in [1.165, 1.54) is 4.90 Å². The molecule has 0 fully saturated rings. The number of rotatable bonds is 3. The Kier molecular flexibility index (Phi) is 4.41. The fraction of sp³-hybridized carbons (Fsp3) is 0.300.